The zero-order valence-electron chi connectivity index (χ0n) is 71.3. The molecule has 0 saturated carbocycles. The van der Waals surface area contributed by atoms with Gasteiger partial charge >= 0.3 is 83.0 Å². The summed E-state index contributed by atoms with van der Waals surface area (Å²) in [5.74, 6) is 2.82. The quantitative estimate of drug-likeness (QED) is 0.0350. The first-order chi connectivity index (χ1) is 45.2. The van der Waals surface area contributed by atoms with Crippen LogP contribution in [0.25, 0.3) is 0 Å². The fourth-order valence-electron chi connectivity index (χ4n) is 9.13. The van der Waals surface area contributed by atoms with E-state index in [4.69, 9.17) is 79.8 Å². The van der Waals surface area contributed by atoms with Crippen molar-refractivity contribution in [2.45, 2.75) is 407 Å². The highest BCUT2D eigenvalue weighted by molar-refractivity contribution is 7.99. The van der Waals surface area contributed by atoms with Gasteiger partial charge in [0, 0.05) is 39.8 Å². The third-order valence-corrected chi connectivity index (χ3v) is 54.7. The summed E-state index contributed by atoms with van der Waals surface area (Å²) in [6, 6.07) is 9.30. The molecule has 4 N–H and O–H groups in total. The van der Waals surface area contributed by atoms with Crippen LogP contribution in [0.5, 0.6) is 5.75 Å². The van der Waals surface area contributed by atoms with Gasteiger partial charge in [0.25, 0.3) is 0 Å². The number of benzene rings is 1. The van der Waals surface area contributed by atoms with Crippen molar-refractivity contribution in [3.63, 3.8) is 0 Å². The maximum atomic E-state index is 11.0. The summed E-state index contributed by atoms with van der Waals surface area (Å²) in [4.78, 5) is 20.3. The van der Waals surface area contributed by atoms with Gasteiger partial charge in [-0.2, -0.15) is 11.8 Å². The van der Waals surface area contributed by atoms with Crippen LogP contribution in [0.15, 0.2) is 24.3 Å². The minimum atomic E-state index is -2.65. The lowest BCUT2D eigenvalue weighted by molar-refractivity contribution is -0.146. The third-order valence-electron chi connectivity index (χ3n) is 12.9. The molecule has 0 aromatic heterocycles. The minimum Gasteiger partial charge on any atom is -0.491 e. The summed E-state index contributed by atoms with van der Waals surface area (Å²) < 4.78 is 95.6. The summed E-state index contributed by atoms with van der Waals surface area (Å²) in [6.45, 7) is 77.7. The summed E-state index contributed by atoms with van der Waals surface area (Å²) in [5.41, 5.74) is 1.24. The van der Waals surface area contributed by atoms with Crippen LogP contribution in [0.2, 0.25) is 170 Å². The van der Waals surface area contributed by atoms with E-state index in [1.54, 1.807) is 26.0 Å². The highest BCUT2D eigenvalue weighted by atomic mass is 32.2. The van der Waals surface area contributed by atoms with Crippen molar-refractivity contribution >= 4 is 120 Å². The topological polar surface area (TPSA) is 246 Å². The average molecular weight is 1880 g/mol. The van der Waals surface area contributed by atoms with Crippen LogP contribution in [0, 0.1) is 5.92 Å². The summed E-state index contributed by atoms with van der Waals surface area (Å²) in [6.07, 6.45) is 5.02. The van der Waals surface area contributed by atoms with E-state index in [0.29, 0.717) is 45.7 Å². The molecule has 0 aliphatic rings. The Morgan fingerprint density at radius 3 is 0.956 bits per heavy atom. The van der Waals surface area contributed by atoms with Crippen molar-refractivity contribution in [1.82, 2.24) is 0 Å². The fourth-order valence-corrected chi connectivity index (χ4v) is 59.2. The normalized spacial score (nSPS) is 12.3. The Morgan fingerprint density at radius 2 is 0.711 bits per heavy atom. The molecule has 21 nitrogen and oxygen atoms in total. The van der Waals surface area contributed by atoms with Gasteiger partial charge in [-0.3, -0.25) is 4.79 Å². The van der Waals surface area contributed by atoms with E-state index in [-0.39, 0.29) is 134 Å². The van der Waals surface area contributed by atoms with Gasteiger partial charge in [0.1, 0.15) is 12.4 Å². The lowest BCUT2D eigenvalue weighted by Gasteiger charge is -2.44. The van der Waals surface area contributed by atoms with Gasteiger partial charge in [0.15, 0.2) is 16.6 Å². The van der Waals surface area contributed by atoms with Gasteiger partial charge in [-0.1, -0.05) is 177 Å². The van der Waals surface area contributed by atoms with Gasteiger partial charge in [0.05, 0.1) is 50.3 Å². The molecule has 1 rings (SSSR count). The molecule has 0 bridgehead atoms. The Kier molecular flexibility index (Phi) is 121. The molecule has 0 fully saturated rings. The number of para-hydroxylation sites is 1. The molecular formula is C80H216O21SSi12. The Balaban J connectivity index is -0.0000000567. The number of unbranched alkanes of at least 4 members (excludes halogenated alkanes) is 1. The molecule has 716 valence electrons. The Morgan fingerprint density at radius 1 is 0.404 bits per heavy atom. The van der Waals surface area contributed by atoms with E-state index in [1.807, 2.05) is 113 Å². The minimum absolute atomic E-state index is 0. The number of carbonyl (C=O) groups excluding carboxylic acids is 1. The number of aliphatic hydroxyl groups is 3. The van der Waals surface area contributed by atoms with E-state index < -0.39 is 102 Å². The molecule has 4 unspecified atom stereocenters. The molecule has 0 aliphatic carbocycles. The molecule has 0 radical (unpaired) electrons. The standard InChI is InChI=1S/C22H66O10Si10.C14H22O2.C8H16O2S.C7H18O3Si.C6H14O2.C5H14OSi.C4H10O.14CH4/c1-23-34(5,6)25-36(9,10)27-38(13,14)29-40(17,18)31-42(21,22)32-41(19,20)30-39(15,16)28-37(11,12)26-35(7,8)24-33(2,3)4;1-3-5-8-12-9-6-7-10-14(12)16-11-13(15)4-2;1-4-10-8(9)7(3)6-11-5-2;1-4-7(8)5-10-6-11(2,3)9;1-3-6(7)5-8-4-2;1-5-7(3,4)6-2;1-3-5-4-2;;;;;;;;;;;;;;/h1-22H3;6-7,9-10,13,15H,3-5,8,11H2,1-2H3;7H,4-6H2,1-3H3;7-9H,4-6H2,1-3H3;6-7H,3-5H2,1-2H3;5H2,1-4H3;3-4H2,1-2H3;14*1H4. The molecule has 4 atom stereocenters. The SMILES string of the molecule is C.C.C.C.C.C.C.C.C.C.C.C.C.C.CCC(O)COC[Si](C)(C)O.CCCCc1ccccc1OCC(O)CC.CCOC(=O)C(C)CSCC.CCOCC.CCOCC(O)CC.CC[Si](C)(C)OC.CO[Si](C)(C)O[Si](C)(C)O[Si](C)(C)O[Si](C)(C)O[Si](C)(C)O[Si](C)(C)O[Si](C)(C)O[Si](C)(C)O[Si](C)(C)O[Si](C)(C)C. The summed E-state index contributed by atoms with van der Waals surface area (Å²) in [7, 11) is -24.2. The first-order valence-corrected chi connectivity index (χ1v) is 72.8. The molecule has 1 aromatic rings. The second kappa shape index (κ2) is 83.3. The maximum absolute atomic E-state index is 11.0. The second-order valence-corrected chi connectivity index (χ2v) is 77.5. The number of aryl methyl sites for hydroxylation is 1. The van der Waals surface area contributed by atoms with E-state index in [2.05, 4.69) is 151 Å². The van der Waals surface area contributed by atoms with Crippen molar-refractivity contribution in [3.8, 4) is 5.75 Å². The van der Waals surface area contributed by atoms with Crippen molar-refractivity contribution < 1.29 is 94.5 Å². The van der Waals surface area contributed by atoms with E-state index in [1.165, 1.54) is 24.4 Å². The monoisotopic (exact) mass is 1880 g/mol. The fraction of sp³-hybridized carbons (Fsp3) is 0.912. The van der Waals surface area contributed by atoms with E-state index >= 15 is 0 Å². The van der Waals surface area contributed by atoms with Crippen LogP contribution in [-0.4, -0.2) is 225 Å². The Labute approximate surface area is 735 Å². The van der Waals surface area contributed by atoms with E-state index in [9.17, 15) is 14.7 Å². The Bertz CT molecular complexity index is 2150. The second-order valence-electron chi connectivity index (χ2n) is 30.4. The van der Waals surface area contributed by atoms with Crippen molar-refractivity contribution in [2.75, 3.05) is 78.2 Å². The molecule has 0 heterocycles. The molecule has 34 heteroatoms. The van der Waals surface area contributed by atoms with Crippen LogP contribution in [0.4, 0.5) is 0 Å². The smallest absolute Gasteiger partial charge is 0.322 e. The highest BCUT2D eigenvalue weighted by Crippen LogP contribution is 2.31. The van der Waals surface area contributed by atoms with Crippen LogP contribution in [0.3, 0.4) is 0 Å². The summed E-state index contributed by atoms with van der Waals surface area (Å²) in [5, 5.41) is 27.4. The molecule has 0 spiro atoms. The average Bonchev–Trinajstić information content (AvgIpc) is 0.802. The molecule has 0 saturated heterocycles. The van der Waals surface area contributed by atoms with Crippen LogP contribution >= 0.6 is 11.8 Å². The molecular weight excluding hydrogens is 1670 g/mol. The zero-order chi connectivity index (χ0) is 79.9. The van der Waals surface area contributed by atoms with Crippen LogP contribution < -0.4 is 4.74 Å². The molecule has 1 aromatic carbocycles. The number of ether oxygens (including phenoxy) is 5. The van der Waals surface area contributed by atoms with Gasteiger partial charge in [-0.25, -0.2) is 0 Å². The lowest BCUT2D eigenvalue weighted by Crippen LogP contribution is -2.62. The predicted octanol–water partition coefficient (Wildman–Crippen LogP) is 26.2. The third kappa shape index (κ3) is 109. The highest BCUT2D eigenvalue weighted by Gasteiger charge is 2.50. The van der Waals surface area contributed by atoms with Crippen LogP contribution in [-0.2, 0) is 76.1 Å². The number of hydrogen-bond donors (Lipinski definition) is 4. The first kappa shape index (κ1) is 165. The van der Waals surface area contributed by atoms with E-state index in [0.717, 1.165) is 49.7 Å². The lowest BCUT2D eigenvalue weighted by atomic mass is 10.1. The number of rotatable bonds is 44. The van der Waals surface area contributed by atoms with Crippen molar-refractivity contribution in [3.05, 3.63) is 29.8 Å². The number of thioether (sulfide) groups is 1. The maximum Gasteiger partial charge on any atom is 0.322 e. The van der Waals surface area contributed by atoms with Crippen molar-refractivity contribution in [2.24, 2.45) is 5.92 Å². The predicted molar refractivity (Wildman–Crippen MR) is 544 cm³/mol. The largest absolute Gasteiger partial charge is 0.491 e. The number of hydrogen-bond acceptors (Lipinski definition) is 22. The molecule has 0 amide bonds. The number of esters is 1. The number of aliphatic hydroxyl groups excluding tert-OH is 3. The van der Waals surface area contributed by atoms with Crippen molar-refractivity contribution in [1.29, 1.82) is 0 Å². The van der Waals surface area contributed by atoms with Gasteiger partial charge in [0.2, 0.25) is 8.32 Å². The first-order valence-electron chi connectivity index (χ1n) is 36.6. The summed E-state index contributed by atoms with van der Waals surface area (Å²) >= 11 is 1.77. The van der Waals surface area contributed by atoms with Gasteiger partial charge in [-0.15, -0.1) is 0 Å². The van der Waals surface area contributed by atoms with Gasteiger partial charge in [-0.05, 0) is 247 Å². The van der Waals surface area contributed by atoms with Gasteiger partial charge < -0.3 is 89.7 Å². The van der Waals surface area contributed by atoms with Crippen LogP contribution in [0.1, 0.15) is 218 Å². The molecule has 114 heavy (non-hydrogen) atoms. The Hall–Kier alpha value is 0.723. The zero-order valence-corrected chi connectivity index (χ0v) is 84.1. The molecule has 0 aliphatic heterocycles. The number of carbonyl (C=O) groups is 1.